The quantitative estimate of drug-likeness (QED) is 0.0321. The third-order valence-corrected chi connectivity index (χ3v) is 14.7. The number of hydrogen-bond donors (Lipinski definition) is 3. The number of amides is 1. The lowest BCUT2D eigenvalue weighted by Gasteiger charge is -2.22. The molecule has 1 amide bonds. The molecule has 2 unspecified atom stereocenters. The summed E-state index contributed by atoms with van der Waals surface area (Å²) in [7, 11) is 0. The van der Waals surface area contributed by atoms with Gasteiger partial charge in [0.1, 0.15) is 0 Å². The Hall–Kier alpha value is -1.66. The van der Waals surface area contributed by atoms with E-state index in [1.807, 2.05) is 0 Å². The number of carbonyl (C=O) groups excluding carboxylic acids is 2. The fraction of sp³-hybridized carbons (Fsp3) is 0.906. The highest BCUT2D eigenvalue weighted by Crippen LogP contribution is 2.17. The standard InChI is InChI=1S/C64H123NO5/c1-3-5-7-9-11-13-15-17-19-20-27-30-34-38-42-46-50-54-58-64(69)70-59-55-51-47-43-39-35-31-28-25-23-21-22-24-26-29-33-37-41-45-49-53-57-63(68)65-61(60-66)62(67)56-52-48-44-40-36-32-18-16-14-12-10-8-6-4-2/h19-20,22,24,61-62,66-67H,3-18,21,23,25-60H2,1-2H3,(H,65,68)/b20-19-,24-22-. The van der Waals surface area contributed by atoms with Crippen LogP contribution in [0.1, 0.15) is 348 Å². The maximum absolute atomic E-state index is 12.5. The number of aliphatic hydroxyl groups is 2. The van der Waals surface area contributed by atoms with Gasteiger partial charge in [0, 0.05) is 12.8 Å². The van der Waals surface area contributed by atoms with Crippen LogP contribution in [-0.4, -0.2) is 47.4 Å². The second-order valence-electron chi connectivity index (χ2n) is 21.7. The Morgan fingerprint density at radius 2 is 0.671 bits per heavy atom. The molecule has 6 nitrogen and oxygen atoms in total. The molecule has 0 aliphatic rings. The minimum Gasteiger partial charge on any atom is -0.466 e. The summed E-state index contributed by atoms with van der Waals surface area (Å²) in [4.78, 5) is 24.6. The van der Waals surface area contributed by atoms with Gasteiger partial charge in [0.25, 0.3) is 0 Å². The number of unbranched alkanes of at least 4 members (excludes halogenated alkanes) is 44. The molecule has 0 aromatic rings. The van der Waals surface area contributed by atoms with E-state index in [1.54, 1.807) is 0 Å². The van der Waals surface area contributed by atoms with Crippen molar-refractivity contribution in [2.45, 2.75) is 360 Å². The third-order valence-electron chi connectivity index (χ3n) is 14.7. The molecule has 3 N–H and O–H groups in total. The molecule has 0 saturated carbocycles. The lowest BCUT2D eigenvalue weighted by Crippen LogP contribution is -2.45. The van der Waals surface area contributed by atoms with E-state index >= 15 is 0 Å². The minimum absolute atomic E-state index is 0.00578. The summed E-state index contributed by atoms with van der Waals surface area (Å²) in [6.07, 6.45) is 73.3. The van der Waals surface area contributed by atoms with E-state index in [0.717, 1.165) is 44.9 Å². The van der Waals surface area contributed by atoms with E-state index < -0.39 is 12.1 Å². The average molecular weight is 987 g/mol. The van der Waals surface area contributed by atoms with Crippen molar-refractivity contribution in [3.05, 3.63) is 24.3 Å². The molecule has 0 rings (SSSR count). The Balaban J connectivity index is 3.40. The van der Waals surface area contributed by atoms with Gasteiger partial charge < -0.3 is 20.3 Å². The van der Waals surface area contributed by atoms with Gasteiger partial charge in [-0.3, -0.25) is 9.59 Å². The van der Waals surface area contributed by atoms with E-state index in [9.17, 15) is 19.8 Å². The smallest absolute Gasteiger partial charge is 0.305 e. The minimum atomic E-state index is -0.669. The van der Waals surface area contributed by atoms with Crippen molar-refractivity contribution in [1.82, 2.24) is 5.32 Å². The Kier molecular flexibility index (Phi) is 58.5. The number of esters is 1. The summed E-state index contributed by atoms with van der Waals surface area (Å²) in [5.74, 6) is -0.0355. The first kappa shape index (κ1) is 68.3. The predicted molar refractivity (Wildman–Crippen MR) is 306 cm³/mol. The predicted octanol–water partition coefficient (Wildman–Crippen LogP) is 19.8. The van der Waals surface area contributed by atoms with Crippen LogP contribution in [0.15, 0.2) is 24.3 Å². The van der Waals surface area contributed by atoms with Crippen LogP contribution in [0, 0.1) is 0 Å². The molecule has 0 heterocycles. The monoisotopic (exact) mass is 986 g/mol. The summed E-state index contributed by atoms with van der Waals surface area (Å²) < 4.78 is 5.49. The molecule has 0 aromatic carbocycles. The van der Waals surface area contributed by atoms with Crippen molar-refractivity contribution in [3.8, 4) is 0 Å². The summed E-state index contributed by atoms with van der Waals surface area (Å²) >= 11 is 0. The van der Waals surface area contributed by atoms with E-state index in [4.69, 9.17) is 4.74 Å². The van der Waals surface area contributed by atoms with Gasteiger partial charge in [0.05, 0.1) is 25.4 Å². The van der Waals surface area contributed by atoms with Gasteiger partial charge in [-0.2, -0.15) is 0 Å². The Labute approximate surface area is 437 Å². The van der Waals surface area contributed by atoms with Crippen LogP contribution < -0.4 is 5.32 Å². The zero-order chi connectivity index (χ0) is 50.7. The van der Waals surface area contributed by atoms with E-state index in [2.05, 4.69) is 43.5 Å². The number of hydrogen-bond acceptors (Lipinski definition) is 5. The van der Waals surface area contributed by atoms with Crippen molar-refractivity contribution in [2.24, 2.45) is 0 Å². The summed E-state index contributed by atoms with van der Waals surface area (Å²) in [5.41, 5.74) is 0. The molecular weight excluding hydrogens is 863 g/mol. The number of ether oxygens (including phenoxy) is 1. The second-order valence-corrected chi connectivity index (χ2v) is 21.7. The first-order valence-electron chi connectivity index (χ1n) is 31.6. The summed E-state index contributed by atoms with van der Waals surface area (Å²) in [6.45, 7) is 4.96. The first-order chi connectivity index (χ1) is 34.5. The van der Waals surface area contributed by atoms with Crippen molar-refractivity contribution in [1.29, 1.82) is 0 Å². The van der Waals surface area contributed by atoms with Crippen molar-refractivity contribution in [2.75, 3.05) is 13.2 Å². The van der Waals surface area contributed by atoms with Crippen LogP contribution >= 0.6 is 0 Å². The fourth-order valence-corrected chi connectivity index (χ4v) is 9.87. The molecule has 6 heteroatoms. The molecule has 414 valence electrons. The van der Waals surface area contributed by atoms with Crippen LogP contribution in [0.5, 0.6) is 0 Å². The highest BCUT2D eigenvalue weighted by Gasteiger charge is 2.20. The molecule has 0 aliphatic heterocycles. The topological polar surface area (TPSA) is 95.9 Å². The van der Waals surface area contributed by atoms with Crippen LogP contribution in [0.3, 0.4) is 0 Å². The van der Waals surface area contributed by atoms with Crippen molar-refractivity contribution >= 4 is 11.9 Å². The Morgan fingerprint density at radius 1 is 0.386 bits per heavy atom. The van der Waals surface area contributed by atoms with E-state index in [1.165, 1.54) is 270 Å². The number of nitrogens with one attached hydrogen (secondary N) is 1. The molecule has 0 aromatic heterocycles. The normalized spacial score (nSPS) is 12.7. The Bertz CT molecular complexity index is 1090. The van der Waals surface area contributed by atoms with Gasteiger partial charge in [-0.05, 0) is 77.0 Å². The van der Waals surface area contributed by atoms with Crippen LogP contribution in [0.4, 0.5) is 0 Å². The van der Waals surface area contributed by atoms with Gasteiger partial charge in [0.15, 0.2) is 0 Å². The van der Waals surface area contributed by atoms with Crippen LogP contribution in [-0.2, 0) is 14.3 Å². The molecule has 0 radical (unpaired) electrons. The molecule has 70 heavy (non-hydrogen) atoms. The van der Waals surface area contributed by atoms with Crippen molar-refractivity contribution < 1.29 is 24.5 Å². The molecule has 0 fully saturated rings. The number of rotatable bonds is 59. The highest BCUT2D eigenvalue weighted by molar-refractivity contribution is 5.76. The van der Waals surface area contributed by atoms with Crippen LogP contribution in [0.25, 0.3) is 0 Å². The largest absolute Gasteiger partial charge is 0.466 e. The molecule has 0 saturated heterocycles. The zero-order valence-electron chi connectivity index (χ0n) is 47.3. The number of aliphatic hydroxyl groups excluding tert-OH is 2. The lowest BCUT2D eigenvalue weighted by atomic mass is 10.0. The SMILES string of the molecule is CCCCCCCCC/C=C\CCCCCCCCCC(=O)OCCCCCCCCCCCC/C=C\CCCCCCCCCC(=O)NC(CO)C(O)CCCCCCCCCCCCCCCC. The zero-order valence-corrected chi connectivity index (χ0v) is 47.3. The maximum atomic E-state index is 12.5. The molecule has 0 bridgehead atoms. The number of allylic oxidation sites excluding steroid dienone is 4. The lowest BCUT2D eigenvalue weighted by molar-refractivity contribution is -0.143. The van der Waals surface area contributed by atoms with Gasteiger partial charge in [-0.1, -0.05) is 282 Å². The molecular formula is C64H123NO5. The number of carbonyl (C=O) groups is 2. The first-order valence-corrected chi connectivity index (χ1v) is 31.6. The molecule has 0 aliphatic carbocycles. The average Bonchev–Trinajstić information content (AvgIpc) is 3.36. The summed E-state index contributed by atoms with van der Waals surface area (Å²) in [5, 5.41) is 23.3. The highest BCUT2D eigenvalue weighted by atomic mass is 16.5. The van der Waals surface area contributed by atoms with Gasteiger partial charge in [-0.15, -0.1) is 0 Å². The molecule has 0 spiro atoms. The maximum Gasteiger partial charge on any atom is 0.305 e. The van der Waals surface area contributed by atoms with E-state index in [-0.39, 0.29) is 18.5 Å². The third kappa shape index (κ3) is 55.7. The summed E-state index contributed by atoms with van der Waals surface area (Å²) in [6, 6.07) is -0.547. The van der Waals surface area contributed by atoms with Gasteiger partial charge >= 0.3 is 5.97 Å². The van der Waals surface area contributed by atoms with Crippen molar-refractivity contribution in [3.63, 3.8) is 0 Å². The van der Waals surface area contributed by atoms with Crippen LogP contribution in [0.2, 0.25) is 0 Å². The van der Waals surface area contributed by atoms with E-state index in [0.29, 0.717) is 25.9 Å². The van der Waals surface area contributed by atoms with Gasteiger partial charge in [-0.25, -0.2) is 0 Å². The Morgan fingerprint density at radius 3 is 1.01 bits per heavy atom. The fourth-order valence-electron chi connectivity index (χ4n) is 9.87. The second kappa shape index (κ2) is 59.9. The molecule has 2 atom stereocenters. The van der Waals surface area contributed by atoms with Gasteiger partial charge in [0.2, 0.25) is 5.91 Å².